The van der Waals surface area contributed by atoms with Gasteiger partial charge in [-0.2, -0.15) is 0 Å². The van der Waals surface area contributed by atoms with Crippen LogP contribution in [-0.4, -0.2) is 67.1 Å². The Bertz CT molecular complexity index is 786. The molecule has 0 spiro atoms. The van der Waals surface area contributed by atoms with Crippen LogP contribution in [0.2, 0.25) is 0 Å². The van der Waals surface area contributed by atoms with Crippen LogP contribution in [-0.2, 0) is 4.74 Å². The maximum absolute atomic E-state index is 12.5. The molecule has 0 aliphatic carbocycles. The molecule has 1 saturated heterocycles. The van der Waals surface area contributed by atoms with Gasteiger partial charge in [-0.15, -0.1) is 0 Å². The minimum atomic E-state index is -0.421. The van der Waals surface area contributed by atoms with Crippen LogP contribution in [0, 0.1) is 0 Å². The van der Waals surface area contributed by atoms with Gasteiger partial charge in [0.25, 0.3) is 5.91 Å². The van der Waals surface area contributed by atoms with E-state index in [9.17, 15) is 9.59 Å². The predicted molar refractivity (Wildman–Crippen MR) is 97.5 cm³/mol. The number of hydrogen-bond acceptors (Lipinski definition) is 7. The van der Waals surface area contributed by atoms with Gasteiger partial charge >= 0.3 is 5.97 Å². The molecule has 0 bridgehead atoms. The average Bonchev–Trinajstić information content (AvgIpc) is 2.68. The summed E-state index contributed by atoms with van der Waals surface area (Å²) in [6, 6.07) is 8.06. The van der Waals surface area contributed by atoms with Crippen molar-refractivity contribution in [1.82, 2.24) is 14.9 Å². The van der Waals surface area contributed by atoms with E-state index in [2.05, 4.69) is 36.9 Å². The van der Waals surface area contributed by atoms with Gasteiger partial charge < -0.3 is 19.9 Å². The van der Waals surface area contributed by atoms with Crippen molar-refractivity contribution in [2.45, 2.75) is 0 Å². The molecule has 8 heteroatoms. The van der Waals surface area contributed by atoms with Crippen LogP contribution in [0.5, 0.6) is 0 Å². The van der Waals surface area contributed by atoms with Crippen molar-refractivity contribution >= 4 is 23.5 Å². The normalized spacial score (nSPS) is 14.8. The summed E-state index contributed by atoms with van der Waals surface area (Å²) < 4.78 is 4.65. The summed E-state index contributed by atoms with van der Waals surface area (Å²) in [5.74, 6) is -0.184. The molecule has 1 aromatic heterocycles. The Balaban J connectivity index is 1.68. The second kappa shape index (κ2) is 7.92. The predicted octanol–water partition coefficient (Wildman–Crippen LogP) is 1.27. The number of amides is 1. The van der Waals surface area contributed by atoms with Gasteiger partial charge in [-0.1, -0.05) is 0 Å². The smallest absolute Gasteiger partial charge is 0.337 e. The van der Waals surface area contributed by atoms with Gasteiger partial charge in [-0.25, -0.2) is 14.8 Å². The van der Waals surface area contributed by atoms with Crippen molar-refractivity contribution in [3.8, 4) is 0 Å². The first-order valence-corrected chi connectivity index (χ1v) is 8.33. The van der Waals surface area contributed by atoms with E-state index >= 15 is 0 Å². The van der Waals surface area contributed by atoms with E-state index in [1.165, 1.54) is 7.11 Å². The number of anilines is 2. The number of likely N-dealkylation sites (N-methyl/N-ethyl adjacent to an activating group) is 1. The van der Waals surface area contributed by atoms with E-state index in [4.69, 9.17) is 0 Å². The Morgan fingerprint density at radius 1 is 1.08 bits per heavy atom. The first-order valence-electron chi connectivity index (χ1n) is 8.33. The van der Waals surface area contributed by atoms with Crippen molar-refractivity contribution in [3.63, 3.8) is 0 Å². The largest absolute Gasteiger partial charge is 0.465 e. The van der Waals surface area contributed by atoms with E-state index in [0.717, 1.165) is 26.2 Å². The standard InChI is InChI=1S/C18H21N5O3/c1-22-9-11-23(12-10-22)18-19-8-7-15(21-18)16(24)20-14-5-3-13(4-6-14)17(25)26-2/h3-8H,9-12H2,1-2H3,(H,20,24). The van der Waals surface area contributed by atoms with E-state index in [0.29, 0.717) is 22.9 Å². The number of piperazine rings is 1. The molecule has 0 atom stereocenters. The summed E-state index contributed by atoms with van der Waals surface area (Å²) in [6.07, 6.45) is 1.59. The lowest BCUT2D eigenvalue weighted by Gasteiger charge is -2.32. The Labute approximate surface area is 151 Å². The van der Waals surface area contributed by atoms with E-state index in [-0.39, 0.29) is 5.91 Å². The minimum absolute atomic E-state index is 0.297. The second-order valence-corrected chi connectivity index (χ2v) is 6.06. The number of rotatable bonds is 4. The topological polar surface area (TPSA) is 87.7 Å². The van der Waals surface area contributed by atoms with Gasteiger partial charge in [0, 0.05) is 38.1 Å². The van der Waals surface area contributed by atoms with E-state index < -0.39 is 5.97 Å². The summed E-state index contributed by atoms with van der Waals surface area (Å²) >= 11 is 0. The number of benzene rings is 1. The molecule has 3 rings (SSSR count). The number of nitrogens with one attached hydrogen (secondary N) is 1. The zero-order chi connectivity index (χ0) is 18.5. The van der Waals surface area contributed by atoms with Crippen LogP contribution in [0.25, 0.3) is 0 Å². The molecule has 1 aliphatic rings. The third kappa shape index (κ3) is 4.15. The van der Waals surface area contributed by atoms with Gasteiger partial charge in [-0.3, -0.25) is 4.79 Å². The quantitative estimate of drug-likeness (QED) is 0.826. The highest BCUT2D eigenvalue weighted by atomic mass is 16.5. The van der Waals surface area contributed by atoms with Crippen LogP contribution < -0.4 is 10.2 Å². The Morgan fingerprint density at radius 2 is 1.77 bits per heavy atom. The molecule has 1 aromatic carbocycles. The Morgan fingerprint density at radius 3 is 2.42 bits per heavy atom. The van der Waals surface area contributed by atoms with Gasteiger partial charge in [0.05, 0.1) is 12.7 Å². The fraction of sp³-hybridized carbons (Fsp3) is 0.333. The number of methoxy groups -OCH3 is 1. The highest BCUT2D eigenvalue weighted by Crippen LogP contribution is 2.14. The van der Waals surface area contributed by atoms with Crippen molar-refractivity contribution in [3.05, 3.63) is 47.8 Å². The van der Waals surface area contributed by atoms with Gasteiger partial charge in [0.2, 0.25) is 5.95 Å². The zero-order valence-electron chi connectivity index (χ0n) is 14.8. The Kier molecular flexibility index (Phi) is 5.43. The summed E-state index contributed by atoms with van der Waals surface area (Å²) in [5.41, 5.74) is 1.29. The average molecular weight is 355 g/mol. The van der Waals surface area contributed by atoms with Gasteiger partial charge in [0.1, 0.15) is 5.69 Å². The first-order chi connectivity index (χ1) is 12.6. The third-order valence-corrected chi connectivity index (χ3v) is 4.23. The zero-order valence-corrected chi connectivity index (χ0v) is 14.8. The number of esters is 1. The summed E-state index contributed by atoms with van der Waals surface area (Å²) in [4.78, 5) is 36.9. The number of nitrogens with zero attached hydrogens (tertiary/aromatic N) is 4. The molecule has 1 N–H and O–H groups in total. The lowest BCUT2D eigenvalue weighted by Crippen LogP contribution is -2.45. The number of hydrogen-bond donors (Lipinski definition) is 1. The molecule has 0 saturated carbocycles. The van der Waals surface area contributed by atoms with Crippen molar-refractivity contribution in [1.29, 1.82) is 0 Å². The molecular formula is C18H21N5O3. The minimum Gasteiger partial charge on any atom is -0.465 e. The Hall–Kier alpha value is -3.00. The van der Waals surface area contributed by atoms with Gasteiger partial charge in [0.15, 0.2) is 0 Å². The maximum atomic E-state index is 12.5. The molecule has 1 fully saturated rings. The highest BCUT2D eigenvalue weighted by Gasteiger charge is 2.18. The fourth-order valence-electron chi connectivity index (χ4n) is 2.64. The molecular weight excluding hydrogens is 334 g/mol. The molecule has 2 heterocycles. The number of ether oxygens (including phenoxy) is 1. The molecule has 26 heavy (non-hydrogen) atoms. The van der Waals surface area contributed by atoms with Crippen LogP contribution in [0.4, 0.5) is 11.6 Å². The van der Waals surface area contributed by atoms with Crippen molar-refractivity contribution in [2.24, 2.45) is 0 Å². The molecule has 136 valence electrons. The maximum Gasteiger partial charge on any atom is 0.337 e. The molecule has 1 amide bonds. The van der Waals surface area contributed by atoms with Crippen LogP contribution in [0.1, 0.15) is 20.8 Å². The number of aromatic nitrogens is 2. The summed E-state index contributed by atoms with van der Waals surface area (Å²) in [6.45, 7) is 3.53. The fourth-order valence-corrected chi connectivity index (χ4v) is 2.64. The molecule has 0 radical (unpaired) electrons. The number of carbonyl (C=O) groups is 2. The van der Waals surface area contributed by atoms with Crippen LogP contribution >= 0.6 is 0 Å². The monoisotopic (exact) mass is 355 g/mol. The highest BCUT2D eigenvalue weighted by molar-refractivity contribution is 6.03. The molecule has 0 unspecified atom stereocenters. The van der Waals surface area contributed by atoms with E-state index in [1.54, 1.807) is 36.5 Å². The number of carbonyl (C=O) groups excluding carboxylic acids is 2. The lowest BCUT2D eigenvalue weighted by atomic mass is 10.2. The van der Waals surface area contributed by atoms with E-state index in [1.807, 2.05) is 0 Å². The van der Waals surface area contributed by atoms with Crippen LogP contribution in [0.3, 0.4) is 0 Å². The third-order valence-electron chi connectivity index (χ3n) is 4.23. The lowest BCUT2D eigenvalue weighted by molar-refractivity contribution is 0.0600. The second-order valence-electron chi connectivity index (χ2n) is 6.06. The SMILES string of the molecule is COC(=O)c1ccc(NC(=O)c2ccnc(N3CCN(C)CC3)n2)cc1. The first kappa shape index (κ1) is 17.8. The summed E-state index contributed by atoms with van der Waals surface area (Å²) in [5, 5.41) is 2.77. The van der Waals surface area contributed by atoms with Crippen molar-refractivity contribution < 1.29 is 14.3 Å². The van der Waals surface area contributed by atoms with Crippen LogP contribution in [0.15, 0.2) is 36.5 Å². The van der Waals surface area contributed by atoms with Crippen molar-refractivity contribution in [2.75, 3.05) is 50.6 Å². The molecule has 2 aromatic rings. The summed E-state index contributed by atoms with van der Waals surface area (Å²) in [7, 11) is 3.40. The van der Waals surface area contributed by atoms with Gasteiger partial charge in [-0.05, 0) is 37.4 Å². The molecule has 8 nitrogen and oxygen atoms in total. The molecule has 1 aliphatic heterocycles.